The molecule has 1 aliphatic heterocycles. The molecule has 1 unspecified atom stereocenters. The molecule has 0 bridgehead atoms. The van der Waals surface area contributed by atoms with Crippen molar-refractivity contribution in [3.05, 3.63) is 0 Å². The van der Waals surface area contributed by atoms with Crippen LogP contribution in [-0.4, -0.2) is 54.7 Å². The van der Waals surface area contributed by atoms with Gasteiger partial charge in [-0.1, -0.05) is 0 Å². The van der Waals surface area contributed by atoms with Gasteiger partial charge in [0.2, 0.25) is 0 Å². The van der Waals surface area contributed by atoms with Crippen LogP contribution in [0.15, 0.2) is 0 Å². The summed E-state index contributed by atoms with van der Waals surface area (Å²) in [6, 6.07) is 0. The Morgan fingerprint density at radius 2 is 2.00 bits per heavy atom. The van der Waals surface area contributed by atoms with Gasteiger partial charge in [-0.3, -0.25) is 4.90 Å². The first-order valence-corrected chi connectivity index (χ1v) is 7.00. The molecular formula is C10H21NO3S. The molecule has 0 radical (unpaired) electrons. The van der Waals surface area contributed by atoms with Crippen LogP contribution in [0.2, 0.25) is 0 Å². The predicted molar refractivity (Wildman–Crippen MR) is 60.6 cm³/mol. The Bertz CT molecular complexity index is 305. The highest BCUT2D eigenvalue weighted by molar-refractivity contribution is 7.92. The highest BCUT2D eigenvalue weighted by Crippen LogP contribution is 2.17. The third kappa shape index (κ3) is 3.43. The Labute approximate surface area is 92.2 Å². The van der Waals surface area contributed by atoms with Gasteiger partial charge < -0.3 is 5.11 Å². The fourth-order valence-electron chi connectivity index (χ4n) is 1.57. The molecule has 0 saturated carbocycles. The number of aliphatic hydroxyl groups is 1. The maximum absolute atomic E-state index is 11.8. The largest absolute Gasteiger partial charge is 0.392 e. The van der Waals surface area contributed by atoms with Gasteiger partial charge in [-0.05, 0) is 27.2 Å². The number of hydrogen-bond donors (Lipinski definition) is 1. The molecule has 0 amide bonds. The van der Waals surface area contributed by atoms with Crippen molar-refractivity contribution in [2.24, 2.45) is 0 Å². The normalized spacial score (nSPS) is 24.7. The zero-order valence-corrected chi connectivity index (χ0v) is 10.5. The van der Waals surface area contributed by atoms with Crippen LogP contribution in [0, 0.1) is 0 Å². The minimum Gasteiger partial charge on any atom is -0.392 e. The van der Waals surface area contributed by atoms with Gasteiger partial charge in [0, 0.05) is 19.6 Å². The van der Waals surface area contributed by atoms with E-state index in [-0.39, 0.29) is 11.9 Å². The fraction of sp³-hybridized carbons (Fsp3) is 1.00. The van der Waals surface area contributed by atoms with Crippen molar-refractivity contribution in [3.8, 4) is 0 Å². The van der Waals surface area contributed by atoms with E-state index < -0.39 is 14.6 Å². The third-order valence-electron chi connectivity index (χ3n) is 2.86. The molecular weight excluding hydrogens is 214 g/mol. The Kier molecular flexibility index (Phi) is 3.79. The molecule has 1 saturated heterocycles. The monoisotopic (exact) mass is 235 g/mol. The van der Waals surface area contributed by atoms with Crippen molar-refractivity contribution in [1.82, 2.24) is 4.90 Å². The maximum atomic E-state index is 11.8. The third-order valence-corrected chi connectivity index (χ3v) is 5.44. The van der Waals surface area contributed by atoms with Gasteiger partial charge in [-0.25, -0.2) is 8.42 Å². The Morgan fingerprint density at radius 1 is 1.40 bits per heavy atom. The van der Waals surface area contributed by atoms with Gasteiger partial charge in [0.05, 0.1) is 16.6 Å². The number of nitrogens with zero attached hydrogens (tertiary/aromatic N) is 1. The van der Waals surface area contributed by atoms with E-state index in [0.717, 1.165) is 13.0 Å². The molecule has 1 aliphatic rings. The lowest BCUT2D eigenvalue weighted by atomic mass is 10.3. The molecule has 5 heteroatoms. The van der Waals surface area contributed by atoms with Gasteiger partial charge in [0.25, 0.3) is 0 Å². The number of hydrogen-bond acceptors (Lipinski definition) is 4. The Balaban J connectivity index is 2.44. The zero-order valence-electron chi connectivity index (χ0n) is 9.73. The highest BCUT2D eigenvalue weighted by Gasteiger charge is 2.30. The molecule has 1 heterocycles. The van der Waals surface area contributed by atoms with Gasteiger partial charge in [0.1, 0.15) is 0 Å². The molecule has 1 fully saturated rings. The summed E-state index contributed by atoms with van der Waals surface area (Å²) in [5.74, 6) is 0.184. The van der Waals surface area contributed by atoms with Crippen molar-refractivity contribution in [1.29, 1.82) is 0 Å². The minimum atomic E-state index is -3.03. The zero-order chi connectivity index (χ0) is 11.7. The van der Waals surface area contributed by atoms with E-state index in [4.69, 9.17) is 0 Å². The van der Waals surface area contributed by atoms with Crippen molar-refractivity contribution in [2.45, 2.75) is 38.0 Å². The molecule has 0 aliphatic carbocycles. The highest BCUT2D eigenvalue weighted by atomic mass is 32.2. The smallest absolute Gasteiger partial charge is 0.156 e. The summed E-state index contributed by atoms with van der Waals surface area (Å²) < 4.78 is 22.9. The van der Waals surface area contributed by atoms with Gasteiger partial charge in [0.15, 0.2) is 9.84 Å². The Morgan fingerprint density at radius 3 is 2.40 bits per heavy atom. The molecule has 0 spiro atoms. The van der Waals surface area contributed by atoms with Gasteiger partial charge >= 0.3 is 0 Å². The molecule has 4 nitrogen and oxygen atoms in total. The number of sulfone groups is 1. The summed E-state index contributed by atoms with van der Waals surface area (Å²) >= 11 is 0. The van der Waals surface area contributed by atoms with Gasteiger partial charge in [-0.15, -0.1) is 0 Å². The molecule has 0 aromatic rings. The average Bonchev–Trinajstić information content (AvgIpc) is 2.46. The van der Waals surface area contributed by atoms with Crippen LogP contribution >= 0.6 is 0 Å². The molecule has 1 rings (SSSR count). The maximum Gasteiger partial charge on any atom is 0.156 e. The second-order valence-corrected chi connectivity index (χ2v) is 8.04. The first-order chi connectivity index (χ1) is 6.72. The van der Waals surface area contributed by atoms with Crippen LogP contribution in [0.3, 0.4) is 0 Å². The Hall–Kier alpha value is -0.130. The van der Waals surface area contributed by atoms with Crippen molar-refractivity contribution in [3.63, 3.8) is 0 Å². The van der Waals surface area contributed by atoms with Crippen molar-refractivity contribution in [2.75, 3.05) is 25.4 Å². The lowest BCUT2D eigenvalue weighted by Crippen LogP contribution is -2.36. The average molecular weight is 235 g/mol. The summed E-state index contributed by atoms with van der Waals surface area (Å²) in [7, 11) is -3.03. The first kappa shape index (κ1) is 12.9. The minimum absolute atomic E-state index is 0.184. The van der Waals surface area contributed by atoms with Crippen LogP contribution < -0.4 is 0 Å². The molecule has 1 atom stereocenters. The van der Waals surface area contributed by atoms with Crippen LogP contribution in [0.4, 0.5) is 0 Å². The van der Waals surface area contributed by atoms with E-state index in [1.807, 2.05) is 4.90 Å². The molecule has 1 N–H and O–H groups in total. The second kappa shape index (κ2) is 4.39. The van der Waals surface area contributed by atoms with Crippen LogP contribution in [0.25, 0.3) is 0 Å². The van der Waals surface area contributed by atoms with E-state index in [9.17, 15) is 13.5 Å². The number of likely N-dealkylation sites (tertiary alicyclic amines) is 1. The molecule has 0 aromatic heterocycles. The lowest BCUT2D eigenvalue weighted by molar-refractivity contribution is 0.178. The SMILES string of the molecule is CC(C)(C)S(=O)(=O)CCN1CCC(O)C1. The summed E-state index contributed by atoms with van der Waals surface area (Å²) in [6.45, 7) is 7.13. The standard InChI is InChI=1S/C10H21NO3S/c1-10(2,3)15(13,14)7-6-11-5-4-9(12)8-11/h9,12H,4-8H2,1-3H3. The van der Waals surface area contributed by atoms with Gasteiger partial charge in [-0.2, -0.15) is 0 Å². The van der Waals surface area contributed by atoms with E-state index in [2.05, 4.69) is 0 Å². The molecule has 15 heavy (non-hydrogen) atoms. The second-order valence-electron chi connectivity index (χ2n) is 5.17. The first-order valence-electron chi connectivity index (χ1n) is 5.35. The summed E-state index contributed by atoms with van der Waals surface area (Å²) in [5.41, 5.74) is 0. The lowest BCUT2D eigenvalue weighted by Gasteiger charge is -2.21. The van der Waals surface area contributed by atoms with Crippen LogP contribution in [0.5, 0.6) is 0 Å². The topological polar surface area (TPSA) is 57.6 Å². The van der Waals surface area contributed by atoms with Crippen molar-refractivity contribution < 1.29 is 13.5 Å². The summed E-state index contributed by atoms with van der Waals surface area (Å²) in [5, 5.41) is 9.30. The summed E-state index contributed by atoms with van der Waals surface area (Å²) in [6.07, 6.45) is 0.484. The number of rotatable bonds is 3. The quantitative estimate of drug-likeness (QED) is 0.762. The van der Waals surface area contributed by atoms with E-state index in [1.54, 1.807) is 20.8 Å². The van der Waals surface area contributed by atoms with E-state index in [1.165, 1.54) is 0 Å². The van der Waals surface area contributed by atoms with Crippen molar-refractivity contribution >= 4 is 9.84 Å². The van der Waals surface area contributed by atoms with E-state index >= 15 is 0 Å². The van der Waals surface area contributed by atoms with Crippen LogP contribution in [0.1, 0.15) is 27.2 Å². The predicted octanol–water partition coefficient (Wildman–Crippen LogP) is 0.266. The number of aliphatic hydroxyl groups excluding tert-OH is 1. The molecule has 90 valence electrons. The van der Waals surface area contributed by atoms with E-state index in [0.29, 0.717) is 13.1 Å². The molecule has 0 aromatic carbocycles. The summed E-state index contributed by atoms with van der Waals surface area (Å²) in [4.78, 5) is 2.01. The number of β-amino-alcohol motifs (C(OH)–C–C–N with tert-alkyl or cyclic N) is 1. The van der Waals surface area contributed by atoms with Crippen LogP contribution in [-0.2, 0) is 9.84 Å². The fourth-order valence-corrected chi connectivity index (χ4v) is 2.68.